The van der Waals surface area contributed by atoms with Gasteiger partial charge in [0, 0.05) is 25.2 Å². The first-order valence-electron chi connectivity index (χ1n) is 6.82. The second-order valence-electron chi connectivity index (χ2n) is 4.59. The van der Waals surface area contributed by atoms with E-state index >= 15 is 0 Å². The Morgan fingerprint density at radius 1 is 1.10 bits per heavy atom. The molecule has 0 spiro atoms. The van der Waals surface area contributed by atoms with E-state index in [2.05, 4.69) is 14.9 Å². The summed E-state index contributed by atoms with van der Waals surface area (Å²) in [4.78, 5) is 10.6. The van der Waals surface area contributed by atoms with Crippen molar-refractivity contribution in [3.63, 3.8) is 0 Å². The molecule has 1 aliphatic heterocycles. The maximum absolute atomic E-state index is 5.76. The van der Waals surface area contributed by atoms with Crippen molar-refractivity contribution in [2.45, 2.75) is 0 Å². The van der Waals surface area contributed by atoms with Gasteiger partial charge in [-0.2, -0.15) is 0 Å². The van der Waals surface area contributed by atoms with Crippen LogP contribution >= 0.6 is 0 Å². The highest BCUT2D eigenvalue weighted by atomic mass is 16.5. The minimum Gasteiger partial charge on any atom is -0.497 e. The van der Waals surface area contributed by atoms with E-state index in [1.54, 1.807) is 7.11 Å². The Bertz CT molecular complexity index is 600. The number of methoxy groups -OCH3 is 1. The molecule has 6 heteroatoms. The van der Waals surface area contributed by atoms with Crippen LogP contribution in [0.2, 0.25) is 0 Å². The molecule has 0 unspecified atom stereocenters. The summed E-state index contributed by atoms with van der Waals surface area (Å²) in [5.41, 5.74) is 0. The topological polar surface area (TPSA) is 56.7 Å². The van der Waals surface area contributed by atoms with E-state index in [0.717, 1.165) is 37.9 Å². The van der Waals surface area contributed by atoms with Crippen molar-refractivity contribution in [1.29, 1.82) is 0 Å². The number of ether oxygens (including phenoxy) is 3. The molecule has 110 valence electrons. The van der Waals surface area contributed by atoms with Crippen LogP contribution in [0.1, 0.15) is 0 Å². The van der Waals surface area contributed by atoms with Crippen LogP contribution in [0, 0.1) is 0 Å². The summed E-state index contributed by atoms with van der Waals surface area (Å²) >= 11 is 0. The smallest absolute Gasteiger partial charge is 0.224 e. The Morgan fingerprint density at radius 3 is 2.71 bits per heavy atom. The zero-order chi connectivity index (χ0) is 14.5. The van der Waals surface area contributed by atoms with Gasteiger partial charge in [0.05, 0.1) is 20.3 Å². The van der Waals surface area contributed by atoms with Crippen LogP contribution in [0.15, 0.2) is 36.7 Å². The lowest BCUT2D eigenvalue weighted by molar-refractivity contribution is 0.122. The monoisotopic (exact) mass is 287 g/mol. The number of morpholine rings is 1. The van der Waals surface area contributed by atoms with Crippen LogP contribution in [0.25, 0.3) is 0 Å². The highest BCUT2D eigenvalue weighted by Gasteiger charge is 2.13. The first-order chi connectivity index (χ1) is 10.3. The molecule has 1 fully saturated rings. The lowest BCUT2D eigenvalue weighted by atomic mass is 10.3. The van der Waals surface area contributed by atoms with Gasteiger partial charge >= 0.3 is 0 Å². The molecule has 1 aromatic carbocycles. The van der Waals surface area contributed by atoms with E-state index < -0.39 is 0 Å². The van der Waals surface area contributed by atoms with Gasteiger partial charge < -0.3 is 19.1 Å². The Balaban J connectivity index is 1.76. The lowest BCUT2D eigenvalue weighted by Gasteiger charge is -2.27. The summed E-state index contributed by atoms with van der Waals surface area (Å²) in [5, 5.41) is 0. The van der Waals surface area contributed by atoms with Gasteiger partial charge in [-0.15, -0.1) is 0 Å². The minimum atomic E-state index is 0.514. The van der Waals surface area contributed by atoms with Crippen LogP contribution in [0.4, 0.5) is 5.82 Å². The number of anilines is 1. The average Bonchev–Trinajstić information content (AvgIpc) is 2.56. The molecular formula is C15H17N3O3. The van der Waals surface area contributed by atoms with Crippen molar-refractivity contribution in [3.8, 4) is 17.4 Å². The molecule has 0 aliphatic carbocycles. The fourth-order valence-corrected chi connectivity index (χ4v) is 2.14. The first kappa shape index (κ1) is 13.6. The van der Waals surface area contributed by atoms with Crippen LogP contribution in [-0.2, 0) is 4.74 Å². The number of rotatable bonds is 4. The summed E-state index contributed by atoms with van der Waals surface area (Å²) < 4.78 is 16.3. The van der Waals surface area contributed by atoms with E-state index in [1.165, 1.54) is 6.33 Å². The molecule has 0 bridgehead atoms. The third-order valence-corrected chi connectivity index (χ3v) is 3.23. The Labute approximate surface area is 123 Å². The number of hydrogen-bond acceptors (Lipinski definition) is 6. The van der Waals surface area contributed by atoms with Crippen LogP contribution in [-0.4, -0.2) is 43.4 Å². The Kier molecular flexibility index (Phi) is 4.16. The quantitative estimate of drug-likeness (QED) is 0.858. The van der Waals surface area contributed by atoms with Crippen molar-refractivity contribution in [1.82, 2.24) is 9.97 Å². The molecule has 2 aromatic rings. The van der Waals surface area contributed by atoms with Gasteiger partial charge in [0.25, 0.3) is 0 Å². The zero-order valence-electron chi connectivity index (χ0n) is 11.9. The van der Waals surface area contributed by atoms with Crippen molar-refractivity contribution in [2.24, 2.45) is 0 Å². The SMILES string of the molecule is COc1cccc(Oc2cc(N3CCOCC3)ncn2)c1. The van der Waals surface area contributed by atoms with Crippen LogP contribution in [0.5, 0.6) is 17.4 Å². The normalized spacial score (nSPS) is 14.8. The van der Waals surface area contributed by atoms with Crippen molar-refractivity contribution >= 4 is 5.82 Å². The van der Waals surface area contributed by atoms with E-state index in [-0.39, 0.29) is 0 Å². The molecule has 0 N–H and O–H groups in total. The van der Waals surface area contributed by atoms with Gasteiger partial charge in [-0.25, -0.2) is 9.97 Å². The molecular weight excluding hydrogens is 270 g/mol. The first-order valence-corrected chi connectivity index (χ1v) is 6.82. The van der Waals surface area contributed by atoms with E-state index in [1.807, 2.05) is 30.3 Å². The average molecular weight is 287 g/mol. The summed E-state index contributed by atoms with van der Waals surface area (Å²) in [5.74, 6) is 2.79. The van der Waals surface area contributed by atoms with Crippen molar-refractivity contribution < 1.29 is 14.2 Å². The molecule has 0 amide bonds. The fourth-order valence-electron chi connectivity index (χ4n) is 2.14. The molecule has 3 rings (SSSR count). The minimum absolute atomic E-state index is 0.514. The summed E-state index contributed by atoms with van der Waals surface area (Å²) in [6, 6.07) is 9.25. The van der Waals surface area contributed by atoms with Gasteiger partial charge in [-0.3, -0.25) is 0 Å². The molecule has 1 saturated heterocycles. The number of aromatic nitrogens is 2. The standard InChI is InChI=1S/C15H17N3O3/c1-19-12-3-2-4-13(9-12)21-15-10-14(16-11-17-15)18-5-7-20-8-6-18/h2-4,9-11H,5-8H2,1H3. The van der Waals surface area contributed by atoms with Gasteiger partial charge in [0.1, 0.15) is 23.6 Å². The highest BCUT2D eigenvalue weighted by molar-refractivity contribution is 5.43. The van der Waals surface area contributed by atoms with Gasteiger partial charge in [0.2, 0.25) is 5.88 Å². The predicted molar refractivity (Wildman–Crippen MR) is 78.1 cm³/mol. The molecule has 1 aromatic heterocycles. The van der Waals surface area contributed by atoms with Gasteiger partial charge in [-0.1, -0.05) is 6.07 Å². The molecule has 21 heavy (non-hydrogen) atoms. The second-order valence-corrected chi connectivity index (χ2v) is 4.59. The largest absolute Gasteiger partial charge is 0.497 e. The maximum Gasteiger partial charge on any atom is 0.224 e. The number of nitrogens with zero attached hydrogens (tertiary/aromatic N) is 3. The van der Waals surface area contributed by atoms with Gasteiger partial charge in [0.15, 0.2) is 0 Å². The van der Waals surface area contributed by atoms with E-state index in [0.29, 0.717) is 11.6 Å². The van der Waals surface area contributed by atoms with Gasteiger partial charge in [-0.05, 0) is 12.1 Å². The molecule has 1 aliphatic rings. The molecule has 2 heterocycles. The third-order valence-electron chi connectivity index (χ3n) is 3.23. The lowest BCUT2D eigenvalue weighted by Crippen LogP contribution is -2.36. The third kappa shape index (κ3) is 3.41. The fraction of sp³-hybridized carbons (Fsp3) is 0.333. The van der Waals surface area contributed by atoms with Crippen LogP contribution in [0.3, 0.4) is 0 Å². The maximum atomic E-state index is 5.76. The molecule has 0 radical (unpaired) electrons. The number of benzene rings is 1. The summed E-state index contributed by atoms with van der Waals surface area (Å²) in [7, 11) is 1.63. The zero-order valence-corrected chi connectivity index (χ0v) is 11.9. The molecule has 0 saturated carbocycles. The second kappa shape index (κ2) is 6.41. The van der Waals surface area contributed by atoms with Crippen molar-refractivity contribution in [2.75, 3.05) is 38.3 Å². The van der Waals surface area contributed by atoms with Crippen molar-refractivity contribution in [3.05, 3.63) is 36.7 Å². The molecule has 6 nitrogen and oxygen atoms in total. The summed E-state index contributed by atoms with van der Waals surface area (Å²) in [6.45, 7) is 3.09. The predicted octanol–water partition coefficient (Wildman–Crippen LogP) is 2.11. The molecule has 0 atom stereocenters. The van der Waals surface area contributed by atoms with E-state index in [4.69, 9.17) is 14.2 Å². The summed E-state index contributed by atoms with van der Waals surface area (Å²) in [6.07, 6.45) is 1.51. The van der Waals surface area contributed by atoms with Crippen LogP contribution < -0.4 is 14.4 Å². The highest BCUT2D eigenvalue weighted by Crippen LogP contribution is 2.25. The Hall–Kier alpha value is -2.34. The Morgan fingerprint density at radius 2 is 1.90 bits per heavy atom. The van der Waals surface area contributed by atoms with E-state index in [9.17, 15) is 0 Å². The number of hydrogen-bond donors (Lipinski definition) is 0.